The van der Waals surface area contributed by atoms with Crippen LogP contribution in [0.25, 0.3) is 105 Å². The first-order valence-electron chi connectivity index (χ1n) is 17.1. The van der Waals surface area contributed by atoms with Gasteiger partial charge in [-0.15, -0.1) is 0 Å². The molecule has 7 aromatic carbocycles. The molecule has 0 atom stereocenters. The van der Waals surface area contributed by atoms with E-state index < -0.39 is 0 Å². The van der Waals surface area contributed by atoms with E-state index in [9.17, 15) is 0 Å². The largest absolute Gasteiger partial charge is 0.455 e. The van der Waals surface area contributed by atoms with Crippen molar-refractivity contribution in [2.24, 2.45) is 0 Å². The van der Waals surface area contributed by atoms with E-state index in [-0.39, 0.29) is 0 Å². The molecular weight excluding hydrogens is 627 g/mol. The van der Waals surface area contributed by atoms with Gasteiger partial charge in [0.05, 0.1) is 38.6 Å². The lowest BCUT2D eigenvalue weighted by Gasteiger charge is -2.12. The van der Waals surface area contributed by atoms with Crippen LogP contribution in [-0.2, 0) is 0 Å². The fourth-order valence-corrected chi connectivity index (χ4v) is 7.73. The molecule has 0 saturated carbocycles. The molecule has 0 aliphatic carbocycles. The predicted octanol–water partition coefficient (Wildman–Crippen LogP) is 12.4. The summed E-state index contributed by atoms with van der Waals surface area (Å²) >= 11 is 0. The van der Waals surface area contributed by atoms with Gasteiger partial charge in [0.25, 0.3) is 0 Å². The summed E-state index contributed by atoms with van der Waals surface area (Å²) in [7, 11) is 0. The van der Waals surface area contributed by atoms with E-state index >= 15 is 0 Å². The van der Waals surface area contributed by atoms with Crippen LogP contribution in [-0.4, -0.2) is 14.5 Å². The quantitative estimate of drug-likeness (QED) is 0.190. The number of hydrogen-bond acceptors (Lipinski definition) is 4. The van der Waals surface area contributed by atoms with E-state index in [1.807, 2.05) is 60.7 Å². The second-order valence-corrected chi connectivity index (χ2v) is 12.9. The summed E-state index contributed by atoms with van der Waals surface area (Å²) in [5.74, 6) is 0.697. The Labute approximate surface area is 291 Å². The molecule has 0 saturated heterocycles. The van der Waals surface area contributed by atoms with Crippen LogP contribution in [0.4, 0.5) is 0 Å². The van der Waals surface area contributed by atoms with E-state index in [2.05, 4.69) is 108 Å². The Kier molecular flexibility index (Phi) is 5.89. The minimum absolute atomic E-state index is 0.697. The predicted molar refractivity (Wildman–Crippen MR) is 207 cm³/mol. The number of benzene rings is 7. The minimum atomic E-state index is 0.697. The van der Waals surface area contributed by atoms with Crippen molar-refractivity contribution in [2.45, 2.75) is 0 Å². The molecule has 0 N–H and O–H groups in total. The molecule has 0 spiro atoms. The van der Waals surface area contributed by atoms with E-state index in [4.69, 9.17) is 18.8 Å². The van der Waals surface area contributed by atoms with Crippen LogP contribution in [0.3, 0.4) is 0 Å². The third-order valence-electron chi connectivity index (χ3n) is 10.0. The highest BCUT2D eigenvalue weighted by Crippen LogP contribution is 2.48. The van der Waals surface area contributed by atoms with Crippen molar-refractivity contribution >= 4 is 65.7 Å². The first-order valence-corrected chi connectivity index (χ1v) is 17.1. The maximum absolute atomic E-state index is 6.71. The van der Waals surface area contributed by atoms with Gasteiger partial charge in [0, 0.05) is 38.5 Å². The molecule has 0 amide bonds. The smallest absolute Gasteiger partial charge is 0.160 e. The van der Waals surface area contributed by atoms with Gasteiger partial charge in [0.15, 0.2) is 5.82 Å². The van der Waals surface area contributed by atoms with Gasteiger partial charge in [-0.3, -0.25) is 0 Å². The summed E-state index contributed by atoms with van der Waals surface area (Å²) < 4.78 is 15.8. The van der Waals surface area contributed by atoms with Crippen molar-refractivity contribution in [2.75, 3.05) is 0 Å². The summed E-state index contributed by atoms with van der Waals surface area (Å²) in [4.78, 5) is 10.1. The van der Waals surface area contributed by atoms with Gasteiger partial charge in [0.2, 0.25) is 0 Å². The van der Waals surface area contributed by atoms with Crippen molar-refractivity contribution < 1.29 is 8.83 Å². The van der Waals surface area contributed by atoms with Crippen LogP contribution in [0.1, 0.15) is 0 Å². The molecule has 11 rings (SSSR count). The van der Waals surface area contributed by atoms with Crippen molar-refractivity contribution in [1.82, 2.24) is 14.5 Å². The highest BCUT2D eigenvalue weighted by atomic mass is 16.3. The molecule has 51 heavy (non-hydrogen) atoms. The number of furan rings is 2. The monoisotopic (exact) mass is 653 g/mol. The molecule has 0 unspecified atom stereocenters. The molecule has 5 nitrogen and oxygen atoms in total. The fourth-order valence-electron chi connectivity index (χ4n) is 7.73. The van der Waals surface area contributed by atoms with Gasteiger partial charge < -0.3 is 13.4 Å². The van der Waals surface area contributed by atoms with E-state index in [1.54, 1.807) is 0 Å². The zero-order chi connectivity index (χ0) is 33.5. The zero-order valence-corrected chi connectivity index (χ0v) is 27.2. The summed E-state index contributed by atoms with van der Waals surface area (Å²) in [6.07, 6.45) is 0. The Morgan fingerprint density at radius 1 is 0.412 bits per heavy atom. The number of hydrogen-bond donors (Lipinski definition) is 0. The van der Waals surface area contributed by atoms with Gasteiger partial charge >= 0.3 is 0 Å². The third-order valence-corrected chi connectivity index (χ3v) is 10.0. The van der Waals surface area contributed by atoms with E-state index in [0.29, 0.717) is 5.82 Å². The Balaban J connectivity index is 1.18. The van der Waals surface area contributed by atoms with Gasteiger partial charge in [-0.2, -0.15) is 0 Å². The maximum Gasteiger partial charge on any atom is 0.160 e. The average Bonchev–Trinajstić information content (AvgIpc) is 3.88. The number of aromatic nitrogens is 3. The number of rotatable bonds is 4. The first-order chi connectivity index (χ1) is 25.3. The Bertz CT molecular complexity index is 3030. The third kappa shape index (κ3) is 4.15. The van der Waals surface area contributed by atoms with Crippen molar-refractivity contribution in [3.05, 3.63) is 164 Å². The molecule has 238 valence electrons. The summed E-state index contributed by atoms with van der Waals surface area (Å²) in [5, 5.41) is 6.42. The van der Waals surface area contributed by atoms with Crippen LogP contribution in [0.2, 0.25) is 0 Å². The molecule has 0 fully saturated rings. The molecule has 0 aliphatic heterocycles. The molecule has 4 heterocycles. The second-order valence-electron chi connectivity index (χ2n) is 12.9. The van der Waals surface area contributed by atoms with Crippen molar-refractivity contribution in [3.63, 3.8) is 0 Å². The maximum atomic E-state index is 6.71. The first kappa shape index (κ1) is 27.9. The van der Waals surface area contributed by atoms with Gasteiger partial charge in [-0.1, -0.05) is 127 Å². The Hall–Kier alpha value is -6.98. The lowest BCUT2D eigenvalue weighted by atomic mass is 10.0. The molecule has 0 aliphatic rings. The highest BCUT2D eigenvalue weighted by Gasteiger charge is 2.26. The van der Waals surface area contributed by atoms with Crippen LogP contribution in [0.15, 0.2) is 173 Å². The molecule has 5 heteroatoms. The number of fused-ring (bicyclic) bond motifs is 12. The standard InChI is InChI=1S/C46H27N3O2/c1-3-13-28(14-4-1)35-27-36(48-46(47-35)30-15-5-2-6-16-30)29-23-25-31(26-24-29)49-37-20-10-7-17-32(37)40-43(49)41-33-18-8-11-21-38(33)50-45(41)42-34-19-9-12-22-39(34)51-44(40)42/h1-27H. The normalized spacial score (nSPS) is 11.9. The fraction of sp³-hybridized carbons (Fsp3) is 0. The second kappa shape index (κ2) is 10.8. The molecular formula is C46H27N3O2. The SMILES string of the molecule is c1ccc(-c2cc(-c3ccc(-n4c5ccccc5c5c6oc7ccccc7c6c6oc7ccccc7c6c54)cc3)nc(-c3ccccc3)n2)cc1. The lowest BCUT2D eigenvalue weighted by molar-refractivity contribution is 0.665. The van der Waals surface area contributed by atoms with E-state index in [1.165, 1.54) is 0 Å². The molecule has 0 bridgehead atoms. The minimum Gasteiger partial charge on any atom is -0.455 e. The van der Waals surface area contributed by atoms with E-state index in [0.717, 1.165) is 99.4 Å². The molecule has 0 radical (unpaired) electrons. The summed E-state index contributed by atoms with van der Waals surface area (Å²) in [5.41, 5.74) is 11.4. The van der Waals surface area contributed by atoms with Crippen LogP contribution in [0, 0.1) is 0 Å². The average molecular weight is 654 g/mol. The Morgan fingerprint density at radius 3 is 1.55 bits per heavy atom. The lowest BCUT2D eigenvalue weighted by Crippen LogP contribution is -1.97. The summed E-state index contributed by atoms with van der Waals surface area (Å²) in [6, 6.07) is 56.4. The van der Waals surface area contributed by atoms with Crippen LogP contribution in [0.5, 0.6) is 0 Å². The van der Waals surface area contributed by atoms with Crippen molar-refractivity contribution in [1.29, 1.82) is 0 Å². The molecule has 11 aromatic rings. The molecule has 4 aromatic heterocycles. The van der Waals surface area contributed by atoms with Crippen LogP contribution >= 0.6 is 0 Å². The van der Waals surface area contributed by atoms with Crippen molar-refractivity contribution in [3.8, 4) is 39.6 Å². The summed E-state index contributed by atoms with van der Waals surface area (Å²) in [6.45, 7) is 0. The highest BCUT2D eigenvalue weighted by molar-refractivity contribution is 6.37. The van der Waals surface area contributed by atoms with Crippen LogP contribution < -0.4 is 0 Å². The van der Waals surface area contributed by atoms with Gasteiger partial charge in [-0.05, 0) is 36.4 Å². The Morgan fingerprint density at radius 2 is 0.902 bits per heavy atom. The topological polar surface area (TPSA) is 57.0 Å². The number of nitrogens with zero attached hydrogens (tertiary/aromatic N) is 3. The number of para-hydroxylation sites is 3. The van der Waals surface area contributed by atoms with Gasteiger partial charge in [-0.25, -0.2) is 9.97 Å². The van der Waals surface area contributed by atoms with Gasteiger partial charge in [0.1, 0.15) is 22.3 Å². The zero-order valence-electron chi connectivity index (χ0n) is 27.2.